The number of Topliss-reactive ketones (excluding diaryl/α,β-unsaturated/α-hetero) is 1. The second kappa shape index (κ2) is 14.8. The number of hydrogen-bond donors (Lipinski definition) is 4. The van der Waals surface area contributed by atoms with Crippen molar-refractivity contribution in [2.24, 2.45) is 11.7 Å². The van der Waals surface area contributed by atoms with Crippen molar-refractivity contribution < 1.29 is 27.6 Å². The van der Waals surface area contributed by atoms with E-state index in [4.69, 9.17) is 5.73 Å². The molecule has 0 radical (unpaired) electrons. The Kier molecular flexibility index (Phi) is 12.5. The highest BCUT2D eigenvalue weighted by Gasteiger charge is 2.27. The molecule has 4 amide bonds. The molecule has 1 rings (SSSR count). The van der Waals surface area contributed by atoms with Gasteiger partial charge in [0.15, 0.2) is 5.78 Å². The Morgan fingerprint density at radius 3 is 2.25 bits per heavy atom. The predicted molar refractivity (Wildman–Crippen MR) is 132 cm³/mol. The Bertz CT molecular complexity index is 1090. The summed E-state index contributed by atoms with van der Waals surface area (Å²) in [5, 5.41) is 7.54. The summed E-state index contributed by atoms with van der Waals surface area (Å²) in [5.41, 5.74) is 5.46. The van der Waals surface area contributed by atoms with Crippen molar-refractivity contribution >= 4 is 33.5 Å². The molecule has 1 heterocycles. The minimum atomic E-state index is -3.48. The lowest BCUT2D eigenvalue weighted by Gasteiger charge is -2.24. The van der Waals surface area contributed by atoms with Crippen molar-refractivity contribution in [2.75, 3.05) is 12.8 Å². The van der Waals surface area contributed by atoms with Gasteiger partial charge in [-0.05, 0) is 32.1 Å². The second-order valence-corrected chi connectivity index (χ2v) is 10.5. The van der Waals surface area contributed by atoms with Crippen molar-refractivity contribution in [1.29, 1.82) is 0 Å². The first kappa shape index (κ1) is 30.5. The number of amides is 4. The summed E-state index contributed by atoms with van der Waals surface area (Å²) in [5.74, 6) is 4.45. The van der Waals surface area contributed by atoms with Gasteiger partial charge in [-0.1, -0.05) is 25.7 Å². The van der Waals surface area contributed by atoms with Gasteiger partial charge in [0.25, 0.3) is 0 Å². The molecule has 198 valence electrons. The summed E-state index contributed by atoms with van der Waals surface area (Å²) in [7, 11) is -3.48. The first-order chi connectivity index (χ1) is 16.8. The highest BCUT2D eigenvalue weighted by molar-refractivity contribution is 7.90. The molecule has 0 aromatic carbocycles. The number of nitrogens with one attached hydrogen (secondary N) is 3. The average molecular weight is 523 g/mol. The minimum Gasteiger partial charge on any atom is -0.352 e. The van der Waals surface area contributed by atoms with Gasteiger partial charge in [0.05, 0.1) is 11.6 Å². The summed E-state index contributed by atoms with van der Waals surface area (Å²) >= 11 is 0. The third-order valence-corrected chi connectivity index (χ3v) is 5.81. The zero-order valence-corrected chi connectivity index (χ0v) is 21.8. The summed E-state index contributed by atoms with van der Waals surface area (Å²) in [6.07, 6.45) is 5.39. The summed E-state index contributed by atoms with van der Waals surface area (Å²) < 4.78 is 22.7. The Labute approximate surface area is 211 Å². The molecule has 1 aromatic heterocycles. The van der Waals surface area contributed by atoms with Crippen LogP contribution in [-0.2, 0) is 24.2 Å². The second-order valence-electron chi connectivity index (χ2n) is 8.58. The van der Waals surface area contributed by atoms with E-state index in [1.54, 1.807) is 13.8 Å². The number of unbranched alkanes of at least 4 members (excludes halogenated alkanes) is 1. The minimum absolute atomic E-state index is 0.142. The molecule has 0 bridgehead atoms. The van der Waals surface area contributed by atoms with Gasteiger partial charge < -0.3 is 21.7 Å². The van der Waals surface area contributed by atoms with Crippen molar-refractivity contribution in [3.05, 3.63) is 18.0 Å². The van der Waals surface area contributed by atoms with Gasteiger partial charge in [-0.3, -0.25) is 14.4 Å². The van der Waals surface area contributed by atoms with E-state index in [1.165, 1.54) is 19.3 Å². The molecular formula is C23H34N6O6S. The number of hydrogen-bond acceptors (Lipinski definition) is 8. The van der Waals surface area contributed by atoms with Gasteiger partial charge in [0.2, 0.25) is 26.8 Å². The fourth-order valence-electron chi connectivity index (χ4n) is 3.01. The fraction of sp³-hybridized carbons (Fsp3) is 0.565. The molecule has 5 N–H and O–H groups in total. The number of aromatic nitrogens is 2. The summed E-state index contributed by atoms with van der Waals surface area (Å²) in [6.45, 7) is 5.21. The Morgan fingerprint density at radius 2 is 1.72 bits per heavy atom. The topological polar surface area (TPSA) is 190 Å². The molecule has 0 fully saturated rings. The normalized spacial score (nSPS) is 12.6. The molecule has 0 saturated heterocycles. The fourth-order valence-corrected chi connectivity index (χ4v) is 3.50. The Morgan fingerprint density at radius 1 is 1.08 bits per heavy atom. The molecule has 1 unspecified atom stereocenters. The van der Waals surface area contributed by atoms with Crippen LogP contribution in [0.1, 0.15) is 58.4 Å². The Balaban J connectivity index is 2.55. The van der Waals surface area contributed by atoms with Crippen LogP contribution < -0.4 is 21.7 Å². The van der Waals surface area contributed by atoms with E-state index in [0.29, 0.717) is 31.2 Å². The van der Waals surface area contributed by atoms with Crippen LogP contribution in [0.25, 0.3) is 0 Å². The molecule has 0 aliphatic rings. The third-order valence-electron chi connectivity index (χ3n) is 4.94. The van der Waals surface area contributed by atoms with E-state index in [0.717, 1.165) is 6.26 Å². The van der Waals surface area contributed by atoms with Crippen LogP contribution in [0.2, 0.25) is 0 Å². The van der Waals surface area contributed by atoms with Crippen LogP contribution >= 0.6 is 0 Å². The monoisotopic (exact) mass is 522 g/mol. The third kappa shape index (κ3) is 11.7. The van der Waals surface area contributed by atoms with Gasteiger partial charge in [-0.15, -0.1) is 0 Å². The summed E-state index contributed by atoms with van der Waals surface area (Å²) in [4.78, 5) is 55.3. The van der Waals surface area contributed by atoms with E-state index in [2.05, 4.69) is 37.8 Å². The van der Waals surface area contributed by atoms with E-state index in [1.807, 2.05) is 0 Å². The van der Waals surface area contributed by atoms with E-state index in [-0.39, 0.29) is 35.7 Å². The maximum atomic E-state index is 12.8. The van der Waals surface area contributed by atoms with Crippen molar-refractivity contribution in [1.82, 2.24) is 25.9 Å². The van der Waals surface area contributed by atoms with Crippen LogP contribution in [-0.4, -0.2) is 66.9 Å². The Hall–Kier alpha value is -3.53. The van der Waals surface area contributed by atoms with Gasteiger partial charge in [0.1, 0.15) is 6.04 Å². The molecule has 0 saturated carbocycles. The highest BCUT2D eigenvalue weighted by Crippen LogP contribution is 2.07. The molecule has 2 atom stereocenters. The van der Waals surface area contributed by atoms with Gasteiger partial charge >= 0.3 is 6.03 Å². The van der Waals surface area contributed by atoms with Crippen LogP contribution in [0.15, 0.2) is 17.6 Å². The number of ketones is 1. The van der Waals surface area contributed by atoms with Crippen molar-refractivity contribution in [3.8, 4) is 11.8 Å². The van der Waals surface area contributed by atoms with Gasteiger partial charge in [0, 0.05) is 38.0 Å². The first-order valence-electron chi connectivity index (χ1n) is 11.5. The number of carbonyl (C=O) groups excluding carboxylic acids is 4. The largest absolute Gasteiger partial charge is 0.352 e. The number of rotatable bonds is 13. The number of urea groups is 1. The van der Waals surface area contributed by atoms with E-state index < -0.39 is 33.9 Å². The molecule has 0 aliphatic heterocycles. The quantitative estimate of drug-likeness (QED) is 0.159. The molecular weight excluding hydrogens is 488 g/mol. The smallest absolute Gasteiger partial charge is 0.312 e. The lowest BCUT2D eigenvalue weighted by atomic mass is 10.0. The van der Waals surface area contributed by atoms with Crippen molar-refractivity contribution in [2.45, 2.75) is 70.1 Å². The zero-order valence-electron chi connectivity index (χ0n) is 21.0. The van der Waals surface area contributed by atoms with E-state index in [9.17, 15) is 27.6 Å². The summed E-state index contributed by atoms with van der Waals surface area (Å²) in [6, 6.07) is -2.22. The molecule has 13 heteroatoms. The van der Waals surface area contributed by atoms with Gasteiger partial charge in [-0.2, -0.15) is 0 Å². The van der Waals surface area contributed by atoms with Gasteiger partial charge in [-0.25, -0.2) is 23.2 Å². The average Bonchev–Trinajstić information content (AvgIpc) is 2.78. The number of sulfone groups is 1. The molecule has 1 aromatic rings. The highest BCUT2D eigenvalue weighted by atomic mass is 32.2. The number of primary amides is 1. The SMILES string of the molecule is CC(=O)[C@H](CCCNC(N)=O)NC(=O)C(NC(=O)CCCC#Cc1cnc(S(C)(=O)=O)nc1)C(C)C. The number of nitrogens with zero attached hydrogens (tertiary/aromatic N) is 2. The van der Waals surface area contributed by atoms with E-state index >= 15 is 0 Å². The number of carbonyl (C=O) groups is 4. The van der Waals surface area contributed by atoms with Crippen LogP contribution in [0.4, 0.5) is 4.79 Å². The lowest BCUT2D eigenvalue weighted by molar-refractivity contribution is -0.132. The molecule has 0 spiro atoms. The zero-order chi connectivity index (χ0) is 27.3. The maximum absolute atomic E-state index is 12.8. The van der Waals surface area contributed by atoms with Crippen LogP contribution in [0.5, 0.6) is 0 Å². The van der Waals surface area contributed by atoms with Crippen LogP contribution in [0.3, 0.4) is 0 Å². The molecule has 12 nitrogen and oxygen atoms in total. The van der Waals surface area contributed by atoms with Crippen LogP contribution in [0, 0.1) is 17.8 Å². The number of nitrogens with two attached hydrogens (primary N) is 1. The molecule has 36 heavy (non-hydrogen) atoms. The maximum Gasteiger partial charge on any atom is 0.312 e. The lowest BCUT2D eigenvalue weighted by Crippen LogP contribution is -2.53. The predicted octanol–water partition coefficient (Wildman–Crippen LogP) is 0.0650. The molecule has 0 aliphatic carbocycles. The standard InChI is InChI=1S/C23H34N6O6S/c1-15(2)20(21(32)28-18(16(3)30)10-8-12-25-22(24)33)29-19(31)11-7-5-6-9-17-13-26-23(27-14-17)36(4,34)35/h13-15,18,20H,5,7-8,10-12H2,1-4H3,(H,28,32)(H,29,31)(H3,24,25,33)/t18-,20?/m0/s1. The first-order valence-corrected chi connectivity index (χ1v) is 13.3. The van der Waals surface area contributed by atoms with Crippen molar-refractivity contribution in [3.63, 3.8) is 0 Å².